The van der Waals surface area contributed by atoms with Crippen LogP contribution in [-0.2, 0) is 9.59 Å². The number of likely N-dealkylation sites (tertiary alicyclic amines) is 1. The van der Waals surface area contributed by atoms with Crippen LogP contribution >= 0.6 is 0 Å². The lowest BCUT2D eigenvalue weighted by Gasteiger charge is -2.19. The predicted molar refractivity (Wildman–Crippen MR) is 64.8 cm³/mol. The first kappa shape index (κ1) is 14.0. The topological polar surface area (TPSA) is 69.6 Å². The van der Waals surface area contributed by atoms with Crippen LogP contribution in [0.5, 0.6) is 0 Å². The number of nitrogens with one attached hydrogen (secondary N) is 1. The Morgan fingerprint density at radius 3 is 2.29 bits per heavy atom. The Kier molecular flexibility index (Phi) is 6.62. The summed E-state index contributed by atoms with van der Waals surface area (Å²) in [4.78, 5) is 23.9. The van der Waals surface area contributed by atoms with E-state index in [1.807, 2.05) is 0 Å². The lowest BCUT2D eigenvalue weighted by Crippen LogP contribution is -2.35. The standard InChI is InChI=1S/C12H22N2O3/c15-11(5-6-12(16)17)13-7-10-14-8-3-1-2-4-9-14/h1-10H2,(H,13,15)(H,16,17). The molecule has 1 rings (SSSR count). The molecule has 1 aliphatic heterocycles. The summed E-state index contributed by atoms with van der Waals surface area (Å²) in [5.41, 5.74) is 0. The minimum atomic E-state index is -0.923. The highest BCUT2D eigenvalue weighted by Gasteiger charge is 2.09. The second-order valence-electron chi connectivity index (χ2n) is 4.50. The summed E-state index contributed by atoms with van der Waals surface area (Å²) in [6, 6.07) is 0. The van der Waals surface area contributed by atoms with Crippen molar-refractivity contribution in [2.75, 3.05) is 26.2 Å². The third-order valence-corrected chi connectivity index (χ3v) is 3.01. The first-order valence-corrected chi connectivity index (χ1v) is 6.39. The zero-order valence-corrected chi connectivity index (χ0v) is 10.3. The molecule has 0 saturated carbocycles. The van der Waals surface area contributed by atoms with Gasteiger partial charge < -0.3 is 15.3 Å². The Morgan fingerprint density at radius 2 is 1.71 bits per heavy atom. The van der Waals surface area contributed by atoms with Crippen molar-refractivity contribution in [2.45, 2.75) is 38.5 Å². The molecule has 5 nitrogen and oxygen atoms in total. The molecule has 0 aromatic heterocycles. The monoisotopic (exact) mass is 242 g/mol. The smallest absolute Gasteiger partial charge is 0.303 e. The summed E-state index contributed by atoms with van der Waals surface area (Å²) in [5.74, 6) is -1.09. The fourth-order valence-corrected chi connectivity index (χ4v) is 2.02. The van der Waals surface area contributed by atoms with E-state index in [1.165, 1.54) is 25.7 Å². The van der Waals surface area contributed by atoms with Crippen LogP contribution in [0.4, 0.5) is 0 Å². The highest BCUT2D eigenvalue weighted by atomic mass is 16.4. The number of amides is 1. The van der Waals surface area contributed by atoms with Crippen molar-refractivity contribution in [3.63, 3.8) is 0 Å². The summed E-state index contributed by atoms with van der Waals surface area (Å²) in [5, 5.41) is 11.2. The van der Waals surface area contributed by atoms with Crippen molar-refractivity contribution in [3.8, 4) is 0 Å². The van der Waals surface area contributed by atoms with Gasteiger partial charge in [0.05, 0.1) is 6.42 Å². The predicted octanol–water partition coefficient (Wildman–Crippen LogP) is 0.843. The van der Waals surface area contributed by atoms with Crippen LogP contribution in [0.25, 0.3) is 0 Å². The number of carboxylic acid groups (broad SMARTS) is 1. The van der Waals surface area contributed by atoms with Crippen molar-refractivity contribution in [3.05, 3.63) is 0 Å². The van der Waals surface area contributed by atoms with E-state index in [1.54, 1.807) is 0 Å². The average molecular weight is 242 g/mol. The molecule has 0 atom stereocenters. The number of hydrogen-bond acceptors (Lipinski definition) is 3. The van der Waals surface area contributed by atoms with Crippen molar-refractivity contribution in [2.24, 2.45) is 0 Å². The molecule has 1 amide bonds. The van der Waals surface area contributed by atoms with Crippen molar-refractivity contribution < 1.29 is 14.7 Å². The molecule has 5 heteroatoms. The summed E-state index contributed by atoms with van der Waals surface area (Å²) in [6.45, 7) is 3.73. The maximum Gasteiger partial charge on any atom is 0.303 e. The maximum atomic E-state index is 11.3. The normalized spacial score (nSPS) is 17.4. The Balaban J connectivity index is 2.05. The molecule has 17 heavy (non-hydrogen) atoms. The van der Waals surface area contributed by atoms with Gasteiger partial charge in [-0.1, -0.05) is 12.8 Å². The maximum absolute atomic E-state index is 11.3. The van der Waals surface area contributed by atoms with Crippen molar-refractivity contribution in [1.82, 2.24) is 10.2 Å². The number of hydrogen-bond donors (Lipinski definition) is 2. The molecule has 1 fully saturated rings. The molecule has 0 spiro atoms. The number of rotatable bonds is 6. The first-order chi connectivity index (χ1) is 8.18. The molecule has 0 unspecified atom stereocenters. The van der Waals surface area contributed by atoms with Gasteiger partial charge >= 0.3 is 5.97 Å². The van der Waals surface area contributed by atoms with Crippen LogP contribution in [0, 0.1) is 0 Å². The highest BCUT2D eigenvalue weighted by molar-refractivity contribution is 5.80. The van der Waals surface area contributed by atoms with E-state index in [4.69, 9.17) is 5.11 Å². The number of aliphatic carboxylic acids is 1. The van der Waals surface area contributed by atoms with Gasteiger partial charge in [-0.25, -0.2) is 0 Å². The number of carbonyl (C=O) groups excluding carboxylic acids is 1. The molecule has 0 aromatic carbocycles. The largest absolute Gasteiger partial charge is 0.481 e. The fourth-order valence-electron chi connectivity index (χ4n) is 2.02. The van der Waals surface area contributed by atoms with Crippen LogP contribution in [-0.4, -0.2) is 48.1 Å². The molecule has 0 radical (unpaired) electrons. The van der Waals surface area contributed by atoms with Crippen molar-refractivity contribution >= 4 is 11.9 Å². The van der Waals surface area contributed by atoms with Gasteiger partial charge in [0.25, 0.3) is 0 Å². The summed E-state index contributed by atoms with van der Waals surface area (Å²) >= 11 is 0. The van der Waals surface area contributed by atoms with E-state index in [-0.39, 0.29) is 18.7 Å². The minimum absolute atomic E-state index is 0.0787. The van der Waals surface area contributed by atoms with Crippen LogP contribution in [0.3, 0.4) is 0 Å². The van der Waals surface area contributed by atoms with Crippen LogP contribution in [0.1, 0.15) is 38.5 Å². The second-order valence-corrected chi connectivity index (χ2v) is 4.50. The Labute approximate surface area is 102 Å². The Hall–Kier alpha value is -1.10. The Bertz CT molecular complexity index is 248. The zero-order chi connectivity index (χ0) is 12.5. The third-order valence-electron chi connectivity index (χ3n) is 3.01. The zero-order valence-electron chi connectivity index (χ0n) is 10.3. The van der Waals surface area contributed by atoms with E-state index in [0.717, 1.165) is 19.6 Å². The van der Waals surface area contributed by atoms with Gasteiger partial charge in [0.1, 0.15) is 0 Å². The number of nitrogens with zero attached hydrogens (tertiary/aromatic N) is 1. The molecule has 0 bridgehead atoms. The number of carbonyl (C=O) groups is 2. The quantitative estimate of drug-likeness (QED) is 0.724. The Morgan fingerprint density at radius 1 is 1.06 bits per heavy atom. The van der Waals surface area contributed by atoms with E-state index < -0.39 is 5.97 Å². The molecular formula is C12H22N2O3. The minimum Gasteiger partial charge on any atom is -0.481 e. The van der Waals surface area contributed by atoms with Gasteiger partial charge in [0, 0.05) is 19.5 Å². The average Bonchev–Trinajstić information content (AvgIpc) is 2.55. The van der Waals surface area contributed by atoms with Gasteiger partial charge in [-0.05, 0) is 25.9 Å². The highest BCUT2D eigenvalue weighted by Crippen LogP contribution is 2.08. The molecule has 0 aromatic rings. The molecule has 2 N–H and O–H groups in total. The molecule has 1 saturated heterocycles. The molecule has 1 heterocycles. The SMILES string of the molecule is O=C(O)CCC(=O)NCCN1CCCCCC1. The van der Waals surface area contributed by atoms with Gasteiger partial charge in [-0.3, -0.25) is 9.59 Å². The van der Waals surface area contributed by atoms with Gasteiger partial charge in [0.15, 0.2) is 0 Å². The van der Waals surface area contributed by atoms with Gasteiger partial charge in [-0.15, -0.1) is 0 Å². The van der Waals surface area contributed by atoms with Gasteiger partial charge in [0.2, 0.25) is 5.91 Å². The first-order valence-electron chi connectivity index (χ1n) is 6.39. The van der Waals surface area contributed by atoms with Crippen LogP contribution < -0.4 is 5.32 Å². The van der Waals surface area contributed by atoms with Gasteiger partial charge in [-0.2, -0.15) is 0 Å². The molecular weight excluding hydrogens is 220 g/mol. The van der Waals surface area contributed by atoms with Crippen molar-refractivity contribution in [1.29, 1.82) is 0 Å². The van der Waals surface area contributed by atoms with E-state index in [9.17, 15) is 9.59 Å². The number of carboxylic acids is 1. The fraction of sp³-hybridized carbons (Fsp3) is 0.833. The van der Waals surface area contributed by atoms with E-state index >= 15 is 0 Å². The van der Waals surface area contributed by atoms with Crippen LogP contribution in [0.15, 0.2) is 0 Å². The van der Waals surface area contributed by atoms with E-state index in [0.29, 0.717) is 6.54 Å². The van der Waals surface area contributed by atoms with Crippen LogP contribution in [0.2, 0.25) is 0 Å². The lowest BCUT2D eigenvalue weighted by atomic mass is 10.2. The summed E-state index contributed by atoms with van der Waals surface area (Å²) < 4.78 is 0. The van der Waals surface area contributed by atoms with E-state index in [2.05, 4.69) is 10.2 Å². The summed E-state index contributed by atoms with van der Waals surface area (Å²) in [7, 11) is 0. The summed E-state index contributed by atoms with van der Waals surface area (Å²) in [6.07, 6.45) is 5.09. The lowest BCUT2D eigenvalue weighted by molar-refractivity contribution is -0.138. The molecule has 1 aliphatic rings. The molecule has 0 aliphatic carbocycles. The molecule has 98 valence electrons. The third kappa shape index (κ3) is 6.94. The second kappa shape index (κ2) is 8.06.